The third kappa shape index (κ3) is 13.7. The number of allylic oxidation sites excluding steroid dienone is 2. The molecule has 0 bridgehead atoms. The van der Waals surface area contributed by atoms with Crippen molar-refractivity contribution in [2.24, 2.45) is 0 Å². The third-order valence-corrected chi connectivity index (χ3v) is 2.94. The molecule has 0 aliphatic heterocycles. The fraction of sp³-hybridized carbons (Fsp3) is 0.867. The molecule has 0 aromatic rings. The smallest absolute Gasteiger partial charge is 0.00997 e. The summed E-state index contributed by atoms with van der Waals surface area (Å²) >= 11 is 0. The normalized spacial score (nSPS) is 11.4. The maximum absolute atomic E-state index is 7.03. The third-order valence-electron chi connectivity index (χ3n) is 2.94. The Morgan fingerprint density at radius 1 is 0.688 bits per heavy atom. The first kappa shape index (κ1) is 15.7. The van der Waals surface area contributed by atoms with E-state index in [9.17, 15) is 0 Å². The second kappa shape index (κ2) is 14.7. The fourth-order valence-corrected chi connectivity index (χ4v) is 1.84. The highest BCUT2D eigenvalue weighted by Gasteiger charge is 1.88. The molecule has 0 saturated heterocycles. The average molecular weight is 224 g/mol. The van der Waals surface area contributed by atoms with Gasteiger partial charge in [-0.3, -0.25) is 5.73 Å². The first-order valence-electron chi connectivity index (χ1n) is 7.21. The molecular formula is C15H30N. The summed E-state index contributed by atoms with van der Waals surface area (Å²) in [5.41, 5.74) is 7.03. The zero-order valence-corrected chi connectivity index (χ0v) is 11.1. The number of rotatable bonds is 12. The fourth-order valence-electron chi connectivity index (χ4n) is 1.84. The van der Waals surface area contributed by atoms with Crippen LogP contribution < -0.4 is 5.73 Å². The van der Waals surface area contributed by atoms with Gasteiger partial charge in [-0.1, -0.05) is 57.6 Å². The summed E-state index contributed by atoms with van der Waals surface area (Å²) in [6, 6.07) is 0. The van der Waals surface area contributed by atoms with E-state index in [4.69, 9.17) is 5.73 Å². The summed E-state index contributed by atoms with van der Waals surface area (Å²) < 4.78 is 0. The zero-order chi connectivity index (χ0) is 11.9. The van der Waals surface area contributed by atoms with E-state index in [-0.39, 0.29) is 0 Å². The van der Waals surface area contributed by atoms with E-state index in [1.807, 2.05) is 0 Å². The van der Waals surface area contributed by atoms with Crippen LogP contribution in [0.5, 0.6) is 0 Å². The van der Waals surface area contributed by atoms with E-state index in [1.54, 1.807) is 0 Å². The minimum atomic E-state index is 0.609. The van der Waals surface area contributed by atoms with Crippen LogP contribution in [0.2, 0.25) is 0 Å². The summed E-state index contributed by atoms with van der Waals surface area (Å²) in [6.07, 6.45) is 19.1. The highest BCUT2D eigenvalue weighted by molar-refractivity contribution is 4.81. The predicted octanol–water partition coefficient (Wildman–Crippen LogP) is 5.14. The number of nitrogens with one attached hydrogen (secondary N) is 1. The van der Waals surface area contributed by atoms with Crippen molar-refractivity contribution in [2.75, 3.05) is 6.54 Å². The Kier molecular flexibility index (Phi) is 14.4. The predicted molar refractivity (Wildman–Crippen MR) is 73.6 cm³/mol. The number of unbranched alkanes of at least 4 members (excludes halogenated alkanes) is 9. The molecular weight excluding hydrogens is 194 g/mol. The molecule has 0 spiro atoms. The molecule has 16 heavy (non-hydrogen) atoms. The van der Waals surface area contributed by atoms with Gasteiger partial charge in [0.2, 0.25) is 0 Å². The minimum Gasteiger partial charge on any atom is -0.258 e. The van der Waals surface area contributed by atoms with Crippen molar-refractivity contribution in [1.82, 2.24) is 5.73 Å². The van der Waals surface area contributed by atoms with Crippen molar-refractivity contribution in [3.63, 3.8) is 0 Å². The van der Waals surface area contributed by atoms with Crippen LogP contribution >= 0.6 is 0 Å². The Morgan fingerprint density at radius 2 is 1.19 bits per heavy atom. The molecule has 0 aliphatic carbocycles. The van der Waals surface area contributed by atoms with E-state index in [0.717, 1.165) is 6.42 Å². The quantitative estimate of drug-likeness (QED) is 0.324. The van der Waals surface area contributed by atoms with Crippen LogP contribution in [0.15, 0.2) is 12.2 Å². The first-order chi connectivity index (χ1) is 7.91. The standard InChI is InChI=1S/C15H30N/c1-2-3-4-5-6-7-8-9-10-11-12-13-14-15-16/h7-8,16H,2-6,9-15H2,1H3/b8-7+. The second-order valence-corrected chi connectivity index (χ2v) is 4.63. The van der Waals surface area contributed by atoms with Gasteiger partial charge in [0.25, 0.3) is 0 Å². The molecule has 0 heterocycles. The van der Waals surface area contributed by atoms with Crippen LogP contribution in [0, 0.1) is 0 Å². The summed E-state index contributed by atoms with van der Waals surface area (Å²) in [7, 11) is 0. The van der Waals surface area contributed by atoms with E-state index in [0.29, 0.717) is 6.54 Å². The molecule has 0 atom stereocenters. The molecule has 0 rings (SSSR count). The van der Waals surface area contributed by atoms with Gasteiger partial charge in [-0.25, -0.2) is 0 Å². The van der Waals surface area contributed by atoms with Gasteiger partial charge in [0, 0.05) is 6.54 Å². The van der Waals surface area contributed by atoms with Gasteiger partial charge >= 0.3 is 0 Å². The molecule has 0 saturated carbocycles. The Morgan fingerprint density at radius 3 is 1.75 bits per heavy atom. The highest BCUT2D eigenvalue weighted by atomic mass is 14.5. The van der Waals surface area contributed by atoms with E-state index in [1.165, 1.54) is 64.2 Å². The van der Waals surface area contributed by atoms with Gasteiger partial charge in [0.05, 0.1) is 0 Å². The van der Waals surface area contributed by atoms with Crippen molar-refractivity contribution < 1.29 is 0 Å². The molecule has 95 valence electrons. The molecule has 1 radical (unpaired) electrons. The summed E-state index contributed by atoms with van der Waals surface area (Å²) in [4.78, 5) is 0. The van der Waals surface area contributed by atoms with Crippen LogP contribution in [-0.4, -0.2) is 6.54 Å². The lowest BCUT2D eigenvalue weighted by Crippen LogP contribution is -1.85. The van der Waals surface area contributed by atoms with E-state index >= 15 is 0 Å². The van der Waals surface area contributed by atoms with Gasteiger partial charge in [-0.05, 0) is 32.1 Å². The van der Waals surface area contributed by atoms with Crippen LogP contribution in [0.1, 0.15) is 77.6 Å². The summed E-state index contributed by atoms with van der Waals surface area (Å²) in [5.74, 6) is 0. The Balaban J connectivity index is 2.98. The topological polar surface area (TPSA) is 23.8 Å². The Hall–Kier alpha value is -0.300. The van der Waals surface area contributed by atoms with Crippen LogP contribution in [0.25, 0.3) is 0 Å². The lowest BCUT2D eigenvalue weighted by atomic mass is 10.1. The minimum absolute atomic E-state index is 0.609. The molecule has 1 nitrogen and oxygen atoms in total. The molecule has 0 fully saturated rings. The van der Waals surface area contributed by atoms with Gasteiger partial charge < -0.3 is 0 Å². The Bertz CT molecular complexity index is 140. The van der Waals surface area contributed by atoms with Crippen LogP contribution in [0.4, 0.5) is 0 Å². The molecule has 0 unspecified atom stereocenters. The molecule has 0 amide bonds. The van der Waals surface area contributed by atoms with Crippen molar-refractivity contribution in [3.05, 3.63) is 12.2 Å². The number of hydrogen-bond acceptors (Lipinski definition) is 0. The van der Waals surface area contributed by atoms with Crippen molar-refractivity contribution in [2.45, 2.75) is 77.6 Å². The number of hydrogen-bond donors (Lipinski definition) is 0. The molecule has 0 aromatic carbocycles. The average Bonchev–Trinajstić information content (AvgIpc) is 2.31. The highest BCUT2D eigenvalue weighted by Crippen LogP contribution is 2.07. The maximum atomic E-state index is 7.03. The van der Waals surface area contributed by atoms with E-state index in [2.05, 4.69) is 19.1 Å². The van der Waals surface area contributed by atoms with Crippen LogP contribution in [-0.2, 0) is 0 Å². The summed E-state index contributed by atoms with van der Waals surface area (Å²) in [6.45, 7) is 2.87. The maximum Gasteiger partial charge on any atom is 0.00997 e. The first-order valence-corrected chi connectivity index (χ1v) is 7.21. The SMILES string of the molecule is CCCCCC/C=C/CCCCCCC[NH]. The van der Waals surface area contributed by atoms with Gasteiger partial charge in [-0.2, -0.15) is 0 Å². The van der Waals surface area contributed by atoms with Gasteiger partial charge in [0.1, 0.15) is 0 Å². The molecule has 0 aromatic heterocycles. The zero-order valence-electron chi connectivity index (χ0n) is 11.1. The molecule has 1 heteroatoms. The largest absolute Gasteiger partial charge is 0.258 e. The van der Waals surface area contributed by atoms with Gasteiger partial charge in [0.15, 0.2) is 0 Å². The van der Waals surface area contributed by atoms with Crippen molar-refractivity contribution >= 4 is 0 Å². The summed E-state index contributed by atoms with van der Waals surface area (Å²) in [5, 5.41) is 0. The molecule has 1 N–H and O–H groups in total. The van der Waals surface area contributed by atoms with Crippen LogP contribution in [0.3, 0.4) is 0 Å². The molecule has 0 aliphatic rings. The lowest BCUT2D eigenvalue weighted by Gasteiger charge is -1.97. The lowest BCUT2D eigenvalue weighted by molar-refractivity contribution is 0.619. The van der Waals surface area contributed by atoms with Crippen molar-refractivity contribution in [3.8, 4) is 0 Å². The van der Waals surface area contributed by atoms with Gasteiger partial charge in [-0.15, -0.1) is 0 Å². The monoisotopic (exact) mass is 224 g/mol. The van der Waals surface area contributed by atoms with E-state index < -0.39 is 0 Å². The second-order valence-electron chi connectivity index (χ2n) is 4.63. The van der Waals surface area contributed by atoms with Crippen molar-refractivity contribution in [1.29, 1.82) is 0 Å². The Labute approximate surface area is 102 Å².